The molecule has 0 atom stereocenters. The molecule has 116 valence electrons. The Labute approximate surface area is 124 Å². The van der Waals surface area contributed by atoms with E-state index >= 15 is 0 Å². The molecule has 0 aliphatic rings. The molecule has 2 N–H and O–H groups in total. The molecule has 0 unspecified atom stereocenters. The molecular formula is C14H19NO5S. The van der Waals surface area contributed by atoms with Crippen LogP contribution in [-0.4, -0.2) is 38.7 Å². The molecule has 0 aromatic heterocycles. The van der Waals surface area contributed by atoms with Crippen molar-refractivity contribution < 1.29 is 23.1 Å². The molecule has 21 heavy (non-hydrogen) atoms. The minimum atomic E-state index is -3.68. The molecule has 0 bridgehead atoms. The fourth-order valence-electron chi connectivity index (χ4n) is 1.38. The molecule has 0 radical (unpaired) electrons. The fraction of sp³-hybridized carbons (Fsp3) is 0.357. The van der Waals surface area contributed by atoms with Gasteiger partial charge in [-0.1, -0.05) is 12.1 Å². The lowest BCUT2D eigenvalue weighted by atomic mass is 10.1. The Kier molecular flexibility index (Phi) is 5.65. The highest BCUT2D eigenvalue weighted by atomic mass is 32.2. The van der Waals surface area contributed by atoms with E-state index in [0.29, 0.717) is 5.56 Å². The summed E-state index contributed by atoms with van der Waals surface area (Å²) in [6.45, 7) is 3.66. The van der Waals surface area contributed by atoms with E-state index in [1.54, 1.807) is 26.0 Å². The van der Waals surface area contributed by atoms with E-state index in [2.05, 4.69) is 4.72 Å². The highest BCUT2D eigenvalue weighted by molar-refractivity contribution is 7.89. The topological polar surface area (TPSA) is 92.7 Å². The van der Waals surface area contributed by atoms with Crippen LogP contribution in [0, 0.1) is 0 Å². The van der Waals surface area contributed by atoms with E-state index in [4.69, 9.17) is 9.84 Å². The van der Waals surface area contributed by atoms with Gasteiger partial charge in [0.1, 0.15) is 0 Å². The van der Waals surface area contributed by atoms with Crippen LogP contribution in [0.1, 0.15) is 19.4 Å². The zero-order valence-electron chi connectivity index (χ0n) is 12.2. The third kappa shape index (κ3) is 5.66. The van der Waals surface area contributed by atoms with E-state index in [-0.39, 0.29) is 11.4 Å². The Balaban J connectivity index is 2.94. The zero-order valence-corrected chi connectivity index (χ0v) is 13.0. The average molecular weight is 313 g/mol. The largest absolute Gasteiger partial charge is 0.478 e. The lowest BCUT2D eigenvalue weighted by molar-refractivity contribution is -0.131. The molecule has 0 spiro atoms. The Morgan fingerprint density at radius 3 is 2.67 bits per heavy atom. The number of hydrogen-bond acceptors (Lipinski definition) is 4. The second kappa shape index (κ2) is 6.84. The monoisotopic (exact) mass is 313 g/mol. The number of aliphatic carboxylic acids is 1. The quantitative estimate of drug-likeness (QED) is 0.744. The number of nitrogens with one attached hydrogen (secondary N) is 1. The molecule has 1 aromatic carbocycles. The van der Waals surface area contributed by atoms with Crippen molar-refractivity contribution >= 4 is 22.1 Å². The molecular weight excluding hydrogens is 294 g/mol. The predicted molar refractivity (Wildman–Crippen MR) is 79.4 cm³/mol. The number of carboxylic acids is 1. The van der Waals surface area contributed by atoms with Gasteiger partial charge in [-0.25, -0.2) is 17.9 Å². The maximum absolute atomic E-state index is 12.2. The minimum absolute atomic E-state index is 0.0712. The smallest absolute Gasteiger partial charge is 0.328 e. The van der Waals surface area contributed by atoms with Gasteiger partial charge in [0, 0.05) is 19.7 Å². The fourth-order valence-corrected chi connectivity index (χ4v) is 2.63. The number of carbonyl (C=O) groups is 1. The van der Waals surface area contributed by atoms with Crippen molar-refractivity contribution in [2.75, 3.05) is 13.7 Å². The van der Waals surface area contributed by atoms with Crippen molar-refractivity contribution in [1.29, 1.82) is 0 Å². The lowest BCUT2D eigenvalue weighted by Crippen LogP contribution is -2.39. The van der Waals surface area contributed by atoms with Crippen LogP contribution in [0.15, 0.2) is 35.2 Å². The summed E-state index contributed by atoms with van der Waals surface area (Å²) in [5, 5.41) is 8.57. The van der Waals surface area contributed by atoms with E-state index < -0.39 is 21.6 Å². The average Bonchev–Trinajstić information content (AvgIpc) is 2.44. The Morgan fingerprint density at radius 2 is 2.10 bits per heavy atom. The standard InChI is InChI=1S/C14H19NO5S/c1-14(2,20-3)10-15-21(18,19)12-6-4-5-11(9-12)7-8-13(16)17/h4-9,15H,10H2,1-3H3,(H,16,17)/b8-7+. The SMILES string of the molecule is COC(C)(C)CNS(=O)(=O)c1cccc(/C=C/C(=O)O)c1. The van der Waals surface area contributed by atoms with Crippen molar-refractivity contribution in [1.82, 2.24) is 4.72 Å². The Hall–Kier alpha value is -1.70. The highest BCUT2D eigenvalue weighted by Gasteiger charge is 2.21. The number of ether oxygens (including phenoxy) is 1. The molecule has 1 rings (SSSR count). The number of carboxylic acid groups (broad SMARTS) is 1. The molecule has 6 nitrogen and oxygen atoms in total. The Morgan fingerprint density at radius 1 is 1.43 bits per heavy atom. The minimum Gasteiger partial charge on any atom is -0.478 e. The van der Waals surface area contributed by atoms with Gasteiger partial charge < -0.3 is 9.84 Å². The maximum Gasteiger partial charge on any atom is 0.328 e. The zero-order chi connectivity index (χ0) is 16.1. The normalized spacial score (nSPS) is 12.7. The van der Waals surface area contributed by atoms with E-state index in [9.17, 15) is 13.2 Å². The van der Waals surface area contributed by atoms with Gasteiger partial charge in [-0.3, -0.25) is 0 Å². The van der Waals surface area contributed by atoms with Crippen LogP contribution in [0.2, 0.25) is 0 Å². The van der Waals surface area contributed by atoms with Gasteiger partial charge in [0.15, 0.2) is 0 Å². The second-order valence-electron chi connectivity index (χ2n) is 5.03. The van der Waals surface area contributed by atoms with Crippen molar-refractivity contribution in [2.45, 2.75) is 24.3 Å². The molecule has 0 heterocycles. The van der Waals surface area contributed by atoms with Gasteiger partial charge in [-0.15, -0.1) is 0 Å². The molecule has 0 saturated heterocycles. The first kappa shape index (κ1) is 17.4. The van der Waals surface area contributed by atoms with Gasteiger partial charge in [-0.2, -0.15) is 0 Å². The summed E-state index contributed by atoms with van der Waals surface area (Å²) in [4.78, 5) is 10.5. The van der Waals surface area contributed by atoms with Crippen LogP contribution in [0.25, 0.3) is 6.08 Å². The number of sulfonamides is 1. The van der Waals surface area contributed by atoms with E-state index in [1.165, 1.54) is 25.3 Å². The summed E-state index contributed by atoms with van der Waals surface area (Å²) in [5.74, 6) is -1.09. The Bertz CT molecular complexity index is 635. The van der Waals surface area contributed by atoms with Crippen molar-refractivity contribution in [3.63, 3.8) is 0 Å². The van der Waals surface area contributed by atoms with Gasteiger partial charge in [0.2, 0.25) is 10.0 Å². The number of rotatable bonds is 7. The summed E-state index contributed by atoms with van der Waals surface area (Å²) in [5.41, 5.74) is -0.125. The summed E-state index contributed by atoms with van der Waals surface area (Å²) in [6.07, 6.45) is 2.29. The molecule has 0 aliphatic carbocycles. The lowest BCUT2D eigenvalue weighted by Gasteiger charge is -2.23. The summed E-state index contributed by atoms with van der Waals surface area (Å²) in [7, 11) is -2.17. The molecule has 0 aliphatic heterocycles. The van der Waals surface area contributed by atoms with Gasteiger partial charge in [-0.05, 0) is 37.6 Å². The third-order valence-electron chi connectivity index (χ3n) is 2.83. The van der Waals surface area contributed by atoms with Crippen LogP contribution in [-0.2, 0) is 19.6 Å². The molecule has 0 amide bonds. The number of methoxy groups -OCH3 is 1. The second-order valence-corrected chi connectivity index (χ2v) is 6.80. The van der Waals surface area contributed by atoms with Crippen molar-refractivity contribution in [3.8, 4) is 0 Å². The van der Waals surface area contributed by atoms with Crippen LogP contribution in [0.3, 0.4) is 0 Å². The number of benzene rings is 1. The van der Waals surface area contributed by atoms with Gasteiger partial charge in [0.05, 0.1) is 10.5 Å². The molecule has 7 heteroatoms. The van der Waals surface area contributed by atoms with Crippen LogP contribution in [0.4, 0.5) is 0 Å². The maximum atomic E-state index is 12.2. The van der Waals surface area contributed by atoms with Crippen molar-refractivity contribution in [3.05, 3.63) is 35.9 Å². The van der Waals surface area contributed by atoms with Crippen LogP contribution in [0.5, 0.6) is 0 Å². The summed E-state index contributed by atoms with van der Waals surface area (Å²) < 4.78 is 32.0. The highest BCUT2D eigenvalue weighted by Crippen LogP contribution is 2.14. The first-order valence-corrected chi connectivity index (χ1v) is 7.70. The van der Waals surface area contributed by atoms with E-state index in [0.717, 1.165) is 6.08 Å². The summed E-state index contributed by atoms with van der Waals surface area (Å²) in [6, 6.07) is 6.02. The predicted octanol–water partition coefficient (Wildman–Crippen LogP) is 1.49. The third-order valence-corrected chi connectivity index (χ3v) is 4.23. The first-order chi connectivity index (χ1) is 9.66. The van der Waals surface area contributed by atoms with Gasteiger partial charge in [0.25, 0.3) is 0 Å². The molecule has 0 saturated carbocycles. The molecule has 1 aromatic rings. The van der Waals surface area contributed by atoms with Crippen LogP contribution < -0.4 is 4.72 Å². The van der Waals surface area contributed by atoms with E-state index in [1.807, 2.05) is 0 Å². The van der Waals surface area contributed by atoms with Gasteiger partial charge >= 0.3 is 5.97 Å². The number of hydrogen-bond donors (Lipinski definition) is 2. The van der Waals surface area contributed by atoms with Crippen molar-refractivity contribution in [2.24, 2.45) is 0 Å². The van der Waals surface area contributed by atoms with Crippen LogP contribution >= 0.6 is 0 Å². The molecule has 0 fully saturated rings. The first-order valence-electron chi connectivity index (χ1n) is 6.22. The summed E-state index contributed by atoms with van der Waals surface area (Å²) >= 11 is 0.